The molecule has 2 aromatic carbocycles. The number of aliphatic hydroxyl groups excluding tert-OH is 1. The third-order valence-electron chi connectivity index (χ3n) is 5.25. The van der Waals surface area contributed by atoms with Gasteiger partial charge in [0.15, 0.2) is 0 Å². The van der Waals surface area contributed by atoms with Crippen molar-refractivity contribution in [3.05, 3.63) is 81.6 Å². The van der Waals surface area contributed by atoms with E-state index in [1.54, 1.807) is 24.3 Å². The number of rotatable bonds is 11. The largest absolute Gasteiger partial charge is 0.491 e. The average molecular weight is 566 g/mol. The van der Waals surface area contributed by atoms with Crippen molar-refractivity contribution in [1.29, 1.82) is 5.26 Å². The number of pyridine rings is 1. The monoisotopic (exact) mass is 565 g/mol. The molecule has 0 saturated carbocycles. The molecular formula is C27H21ClFN5O2S2. The summed E-state index contributed by atoms with van der Waals surface area (Å²) in [7, 11) is 0. The molecule has 0 atom stereocenters. The van der Waals surface area contributed by atoms with Crippen LogP contribution in [0.15, 0.2) is 58.9 Å². The zero-order chi connectivity index (χ0) is 26.9. The Hall–Kier alpha value is -3.67. The number of nitrogens with one attached hydrogen (secondary N) is 1. The summed E-state index contributed by atoms with van der Waals surface area (Å²) >= 11 is 8.82. The molecule has 11 heteroatoms. The van der Waals surface area contributed by atoms with Gasteiger partial charge in [0.1, 0.15) is 41.0 Å². The first-order chi connectivity index (χ1) is 18.6. The van der Waals surface area contributed by atoms with Crippen LogP contribution >= 0.6 is 34.7 Å². The number of hydrogen-bond acceptors (Lipinski definition) is 8. The lowest BCUT2D eigenvalue weighted by molar-refractivity contribution is 0.201. The van der Waals surface area contributed by atoms with E-state index in [0.717, 1.165) is 16.3 Å². The Kier molecular flexibility index (Phi) is 9.52. The van der Waals surface area contributed by atoms with E-state index >= 15 is 0 Å². The Bertz CT molecular complexity index is 1480. The van der Waals surface area contributed by atoms with E-state index in [2.05, 4.69) is 21.2 Å². The number of alkyl halides is 1. The van der Waals surface area contributed by atoms with Gasteiger partial charge in [-0.15, -0.1) is 11.3 Å². The number of benzene rings is 2. The molecule has 0 aliphatic carbocycles. The fourth-order valence-electron chi connectivity index (χ4n) is 3.56. The zero-order valence-electron chi connectivity index (χ0n) is 19.9. The van der Waals surface area contributed by atoms with Gasteiger partial charge in [-0.25, -0.2) is 19.2 Å². The van der Waals surface area contributed by atoms with Crippen molar-refractivity contribution in [3.8, 4) is 33.5 Å². The summed E-state index contributed by atoms with van der Waals surface area (Å²) in [5.74, 6) is 1.21. The van der Waals surface area contributed by atoms with Gasteiger partial charge in [0.05, 0.1) is 24.4 Å². The standard InChI is InChI=1S/C27H21ClFN5O2S2/c1-31-24-23(17-4-8-21(9-5-17)36-13-12-35)22(14-30)27(34-25(24)32-11-10-29)38-16-20-15-37-26(33-20)18-2-6-19(28)7-3-18/h2-9,15,35H,10-13,16H2,(H,32,34). The fraction of sp³-hybridized carbons (Fsp3) is 0.185. The van der Waals surface area contributed by atoms with Gasteiger partial charge in [-0.1, -0.05) is 47.6 Å². The van der Waals surface area contributed by atoms with Crippen LogP contribution in [0.2, 0.25) is 5.02 Å². The molecule has 2 aromatic heterocycles. The number of nitrogens with zero attached hydrogens (tertiary/aromatic N) is 4. The first-order valence-electron chi connectivity index (χ1n) is 11.4. The molecule has 0 fully saturated rings. The van der Waals surface area contributed by atoms with Crippen LogP contribution in [-0.2, 0) is 5.75 Å². The minimum atomic E-state index is -0.639. The highest BCUT2D eigenvalue weighted by atomic mass is 35.5. The van der Waals surface area contributed by atoms with E-state index in [0.29, 0.717) is 32.7 Å². The molecule has 0 aliphatic rings. The second-order valence-corrected chi connectivity index (χ2v) is 10.00. The second-order valence-electron chi connectivity index (χ2n) is 7.74. The van der Waals surface area contributed by atoms with Gasteiger partial charge in [-0.2, -0.15) is 5.26 Å². The summed E-state index contributed by atoms with van der Waals surface area (Å²) in [6.07, 6.45) is 0. The van der Waals surface area contributed by atoms with Gasteiger partial charge < -0.3 is 15.2 Å². The van der Waals surface area contributed by atoms with Crippen molar-refractivity contribution in [2.75, 3.05) is 31.7 Å². The molecule has 4 rings (SSSR count). The third-order valence-corrected chi connectivity index (χ3v) is 7.45. The molecule has 2 N–H and O–H groups in total. The van der Waals surface area contributed by atoms with Gasteiger partial charge >= 0.3 is 0 Å². The number of ether oxygens (including phenoxy) is 1. The van der Waals surface area contributed by atoms with Crippen LogP contribution < -0.4 is 10.1 Å². The highest BCUT2D eigenvalue weighted by Crippen LogP contribution is 2.43. The molecule has 0 spiro atoms. The van der Waals surface area contributed by atoms with Crippen LogP contribution in [0.25, 0.3) is 26.5 Å². The van der Waals surface area contributed by atoms with Crippen molar-refractivity contribution in [3.63, 3.8) is 0 Å². The van der Waals surface area contributed by atoms with Crippen LogP contribution in [0.4, 0.5) is 15.9 Å². The molecule has 0 amide bonds. The molecule has 0 unspecified atom stereocenters. The highest BCUT2D eigenvalue weighted by Gasteiger charge is 2.22. The van der Waals surface area contributed by atoms with E-state index in [1.165, 1.54) is 23.1 Å². The first kappa shape index (κ1) is 27.4. The molecule has 2 heterocycles. The van der Waals surface area contributed by atoms with Gasteiger partial charge in [0, 0.05) is 33.8 Å². The van der Waals surface area contributed by atoms with Crippen LogP contribution in [-0.4, -0.2) is 41.5 Å². The molecule has 7 nitrogen and oxygen atoms in total. The van der Waals surface area contributed by atoms with Crippen molar-refractivity contribution in [2.24, 2.45) is 0 Å². The van der Waals surface area contributed by atoms with E-state index < -0.39 is 6.67 Å². The number of thioether (sulfide) groups is 1. The van der Waals surface area contributed by atoms with Gasteiger partial charge in [-0.3, -0.25) is 0 Å². The molecule has 0 radical (unpaired) electrons. The summed E-state index contributed by atoms with van der Waals surface area (Å²) < 4.78 is 18.4. The second kappa shape index (κ2) is 13.2. The average Bonchev–Trinajstić information content (AvgIpc) is 3.43. The number of nitriles is 1. The smallest absolute Gasteiger partial charge is 0.237 e. The predicted octanol–water partition coefficient (Wildman–Crippen LogP) is 6.99. The number of halogens is 2. The molecular weight excluding hydrogens is 545 g/mol. The summed E-state index contributed by atoms with van der Waals surface area (Å²) in [6.45, 7) is 7.17. The predicted molar refractivity (Wildman–Crippen MR) is 150 cm³/mol. The maximum absolute atomic E-state index is 13.0. The minimum Gasteiger partial charge on any atom is -0.491 e. The maximum Gasteiger partial charge on any atom is 0.237 e. The number of hydrogen-bond donors (Lipinski definition) is 2. The lowest BCUT2D eigenvalue weighted by Crippen LogP contribution is -2.07. The molecule has 0 bridgehead atoms. The highest BCUT2D eigenvalue weighted by molar-refractivity contribution is 7.98. The quantitative estimate of drug-likeness (QED) is 0.149. The SMILES string of the molecule is [C-]#[N+]c1c(NCCF)nc(SCc2csc(-c3ccc(Cl)cc3)n2)c(C#N)c1-c1ccc(OCCO)cc1. The van der Waals surface area contributed by atoms with Gasteiger partial charge in [-0.05, 0) is 29.8 Å². The Labute approximate surface area is 232 Å². The number of thiazole rings is 1. The molecule has 0 aliphatic heterocycles. The van der Waals surface area contributed by atoms with E-state index in [-0.39, 0.29) is 36.8 Å². The summed E-state index contributed by atoms with van der Waals surface area (Å²) in [4.78, 5) is 12.9. The van der Waals surface area contributed by atoms with E-state index in [9.17, 15) is 9.65 Å². The van der Waals surface area contributed by atoms with Gasteiger partial charge in [0.2, 0.25) is 5.69 Å². The van der Waals surface area contributed by atoms with Crippen molar-refractivity contribution in [1.82, 2.24) is 9.97 Å². The van der Waals surface area contributed by atoms with Crippen LogP contribution in [0, 0.1) is 17.9 Å². The number of aromatic nitrogens is 2. The third kappa shape index (κ3) is 6.42. The summed E-state index contributed by atoms with van der Waals surface area (Å²) in [6, 6.07) is 16.5. The van der Waals surface area contributed by atoms with E-state index in [1.807, 2.05) is 29.6 Å². The van der Waals surface area contributed by atoms with E-state index in [4.69, 9.17) is 33.0 Å². The normalized spacial score (nSPS) is 10.6. The zero-order valence-corrected chi connectivity index (χ0v) is 22.3. The topological polar surface area (TPSA) is 95.4 Å². The Morgan fingerprint density at radius 1 is 1.16 bits per heavy atom. The lowest BCUT2D eigenvalue weighted by Gasteiger charge is -2.16. The summed E-state index contributed by atoms with van der Waals surface area (Å²) in [5, 5.41) is 25.9. The first-order valence-corrected chi connectivity index (χ1v) is 13.6. The Morgan fingerprint density at radius 3 is 2.55 bits per heavy atom. The van der Waals surface area contributed by atoms with Crippen LogP contribution in [0.1, 0.15) is 11.3 Å². The molecule has 38 heavy (non-hydrogen) atoms. The van der Waals surface area contributed by atoms with Crippen LogP contribution in [0.3, 0.4) is 0 Å². The van der Waals surface area contributed by atoms with Crippen molar-refractivity contribution in [2.45, 2.75) is 10.8 Å². The van der Waals surface area contributed by atoms with Gasteiger partial charge in [0.25, 0.3) is 0 Å². The van der Waals surface area contributed by atoms with Crippen molar-refractivity contribution >= 4 is 46.2 Å². The molecule has 4 aromatic rings. The number of aliphatic hydroxyl groups is 1. The Morgan fingerprint density at radius 2 is 1.89 bits per heavy atom. The molecule has 192 valence electrons. The molecule has 0 saturated heterocycles. The number of anilines is 1. The fourth-order valence-corrected chi connectivity index (χ4v) is 5.50. The summed E-state index contributed by atoms with van der Waals surface area (Å²) in [5.41, 5.74) is 3.20. The van der Waals surface area contributed by atoms with Crippen LogP contribution in [0.5, 0.6) is 5.75 Å². The minimum absolute atomic E-state index is 0.0184. The maximum atomic E-state index is 13.0. The lowest BCUT2D eigenvalue weighted by atomic mass is 9.99. The Balaban J connectivity index is 1.69. The van der Waals surface area contributed by atoms with Crippen molar-refractivity contribution < 1.29 is 14.2 Å².